The number of nitrogens with zero attached hydrogens (tertiary/aromatic N) is 5. The molecular weight excluding hydrogens is 474 g/mol. The number of rotatable bonds is 7. The van der Waals surface area contributed by atoms with Gasteiger partial charge in [-0.1, -0.05) is 38.1 Å². The Kier molecular flexibility index (Phi) is 8.23. The van der Waals surface area contributed by atoms with Crippen LogP contribution in [0, 0.1) is 0 Å². The molecule has 1 saturated heterocycles. The zero-order valence-electron chi connectivity index (χ0n) is 22.1. The van der Waals surface area contributed by atoms with Crippen molar-refractivity contribution >= 4 is 22.2 Å². The molecule has 8 heteroatoms. The number of aliphatic hydroxyl groups excluding tert-OH is 1. The fourth-order valence-corrected chi connectivity index (χ4v) is 4.85. The van der Waals surface area contributed by atoms with Crippen LogP contribution in [0.4, 0.5) is 5.69 Å². The van der Waals surface area contributed by atoms with Crippen LogP contribution in [0.25, 0.3) is 38.8 Å². The second-order valence-corrected chi connectivity index (χ2v) is 9.06. The first-order valence-corrected chi connectivity index (χ1v) is 13.4. The van der Waals surface area contributed by atoms with E-state index in [1.165, 1.54) is 5.69 Å². The van der Waals surface area contributed by atoms with Crippen molar-refractivity contribution < 1.29 is 5.11 Å². The number of pyridine rings is 1. The van der Waals surface area contributed by atoms with Crippen molar-refractivity contribution in [2.75, 3.05) is 44.2 Å². The molecule has 2 aromatic carbocycles. The molecule has 0 aliphatic carbocycles. The lowest BCUT2D eigenvalue weighted by Crippen LogP contribution is -2.43. The highest BCUT2D eigenvalue weighted by molar-refractivity contribution is 5.97. The molecule has 0 spiro atoms. The van der Waals surface area contributed by atoms with Gasteiger partial charge in [-0.2, -0.15) is 5.10 Å². The zero-order valence-corrected chi connectivity index (χ0v) is 22.1. The maximum atomic E-state index is 8.99. The first-order valence-electron chi connectivity index (χ1n) is 13.4. The van der Waals surface area contributed by atoms with Crippen molar-refractivity contribution in [2.24, 2.45) is 0 Å². The summed E-state index contributed by atoms with van der Waals surface area (Å²) in [6.07, 6.45) is 7.68. The summed E-state index contributed by atoms with van der Waals surface area (Å²) >= 11 is 0. The van der Waals surface area contributed by atoms with E-state index in [1.807, 2.05) is 49.2 Å². The van der Waals surface area contributed by atoms with Crippen LogP contribution < -0.4 is 15.5 Å². The SMILES string of the molecule is CC.OCCNCc1ccc2c(-c3cnn4cc(-c5ccc(N6CCNCC6)cc5)cnc34)ccnc2c1. The van der Waals surface area contributed by atoms with E-state index in [9.17, 15) is 0 Å². The molecule has 3 aromatic heterocycles. The van der Waals surface area contributed by atoms with Gasteiger partial charge in [0.15, 0.2) is 5.65 Å². The van der Waals surface area contributed by atoms with Crippen molar-refractivity contribution in [2.45, 2.75) is 20.4 Å². The van der Waals surface area contributed by atoms with E-state index >= 15 is 0 Å². The highest BCUT2D eigenvalue weighted by atomic mass is 16.3. The predicted octanol–water partition coefficient (Wildman–Crippen LogP) is 4.13. The number of fused-ring (bicyclic) bond motifs is 2. The molecule has 1 aliphatic rings. The molecule has 0 atom stereocenters. The molecule has 6 rings (SSSR count). The topological polar surface area (TPSA) is 90.6 Å². The fraction of sp³-hybridized carbons (Fsp3) is 0.300. The van der Waals surface area contributed by atoms with E-state index in [1.54, 1.807) is 0 Å². The van der Waals surface area contributed by atoms with Crippen LogP contribution in [-0.2, 0) is 6.54 Å². The van der Waals surface area contributed by atoms with Gasteiger partial charge in [0.1, 0.15) is 0 Å². The van der Waals surface area contributed by atoms with Crippen LogP contribution in [0.1, 0.15) is 19.4 Å². The Morgan fingerprint density at radius 2 is 1.74 bits per heavy atom. The minimum atomic E-state index is 0.126. The summed E-state index contributed by atoms with van der Waals surface area (Å²) in [6.45, 7) is 9.52. The number of aliphatic hydroxyl groups is 1. The monoisotopic (exact) mass is 509 g/mol. The highest BCUT2D eigenvalue weighted by Gasteiger charge is 2.14. The van der Waals surface area contributed by atoms with E-state index in [4.69, 9.17) is 10.1 Å². The van der Waals surface area contributed by atoms with E-state index in [2.05, 4.69) is 68.1 Å². The Morgan fingerprint density at radius 1 is 0.921 bits per heavy atom. The lowest BCUT2D eigenvalue weighted by molar-refractivity contribution is 0.292. The average Bonchev–Trinajstić information content (AvgIpc) is 3.42. The lowest BCUT2D eigenvalue weighted by Gasteiger charge is -2.29. The third kappa shape index (κ3) is 5.38. The van der Waals surface area contributed by atoms with E-state index in [0.717, 1.165) is 70.5 Å². The van der Waals surface area contributed by atoms with Crippen LogP contribution in [0.3, 0.4) is 0 Å². The first-order chi connectivity index (χ1) is 18.8. The minimum absolute atomic E-state index is 0.126. The van der Waals surface area contributed by atoms with Gasteiger partial charge < -0.3 is 20.6 Å². The Bertz CT molecular complexity index is 1490. The molecule has 1 aliphatic heterocycles. The summed E-state index contributed by atoms with van der Waals surface area (Å²) in [5, 5.41) is 21.3. The quantitative estimate of drug-likeness (QED) is 0.284. The third-order valence-electron chi connectivity index (χ3n) is 6.75. The number of hydrogen-bond donors (Lipinski definition) is 3. The smallest absolute Gasteiger partial charge is 0.162 e. The second kappa shape index (κ2) is 12.1. The molecule has 8 nitrogen and oxygen atoms in total. The van der Waals surface area contributed by atoms with Crippen LogP contribution in [0.5, 0.6) is 0 Å². The molecule has 1 fully saturated rings. The summed E-state index contributed by atoms with van der Waals surface area (Å²) < 4.78 is 1.86. The fourth-order valence-electron chi connectivity index (χ4n) is 4.85. The van der Waals surface area contributed by atoms with Crippen molar-refractivity contribution in [3.63, 3.8) is 0 Å². The standard InChI is InChI=1S/C28H29N7O.C2H6/c36-14-11-30-16-20-1-6-25-24(7-8-31-27(25)15-20)26-18-33-35-19-22(17-32-28(26)35)21-2-4-23(5-3-21)34-12-9-29-10-13-34;1-2/h1-8,15,17-19,29-30,36H,9-14,16H2;1-2H3. The number of aromatic nitrogens is 4. The number of hydrogen-bond acceptors (Lipinski definition) is 7. The highest BCUT2D eigenvalue weighted by Crippen LogP contribution is 2.31. The molecular formula is C30H35N7O. The van der Waals surface area contributed by atoms with Crippen molar-refractivity contribution in [3.05, 3.63) is 78.9 Å². The lowest BCUT2D eigenvalue weighted by atomic mass is 10.0. The molecule has 196 valence electrons. The maximum absolute atomic E-state index is 8.99. The predicted molar refractivity (Wildman–Crippen MR) is 154 cm³/mol. The Morgan fingerprint density at radius 3 is 2.53 bits per heavy atom. The van der Waals surface area contributed by atoms with Gasteiger partial charge in [0, 0.05) is 80.1 Å². The van der Waals surface area contributed by atoms with Crippen LogP contribution in [0.2, 0.25) is 0 Å². The Balaban J connectivity index is 0.00000144. The Hall–Kier alpha value is -3.85. The molecule has 0 saturated carbocycles. The van der Waals surface area contributed by atoms with Gasteiger partial charge in [0.05, 0.1) is 18.3 Å². The molecule has 3 N–H and O–H groups in total. The number of nitrogens with one attached hydrogen (secondary N) is 2. The number of piperazine rings is 1. The average molecular weight is 510 g/mol. The second-order valence-electron chi connectivity index (χ2n) is 9.06. The van der Waals surface area contributed by atoms with Crippen molar-refractivity contribution in [1.82, 2.24) is 30.2 Å². The molecule has 0 radical (unpaired) electrons. The van der Waals surface area contributed by atoms with Gasteiger partial charge in [0.25, 0.3) is 0 Å². The van der Waals surface area contributed by atoms with Gasteiger partial charge in [-0.05, 0) is 41.0 Å². The number of anilines is 1. The largest absolute Gasteiger partial charge is 0.395 e. The molecule has 0 bridgehead atoms. The minimum Gasteiger partial charge on any atom is -0.395 e. The van der Waals surface area contributed by atoms with Gasteiger partial charge in [-0.15, -0.1) is 0 Å². The van der Waals surface area contributed by atoms with E-state index < -0.39 is 0 Å². The van der Waals surface area contributed by atoms with Gasteiger partial charge in [-0.25, -0.2) is 9.50 Å². The molecule has 38 heavy (non-hydrogen) atoms. The summed E-state index contributed by atoms with van der Waals surface area (Å²) in [4.78, 5) is 11.8. The molecule has 0 unspecified atom stereocenters. The van der Waals surface area contributed by atoms with E-state index in [0.29, 0.717) is 13.1 Å². The Labute approximate surface area is 223 Å². The summed E-state index contributed by atoms with van der Waals surface area (Å²) in [7, 11) is 0. The van der Waals surface area contributed by atoms with Crippen LogP contribution >= 0.6 is 0 Å². The molecule has 5 aromatic rings. The van der Waals surface area contributed by atoms with Crippen molar-refractivity contribution in [1.29, 1.82) is 0 Å². The van der Waals surface area contributed by atoms with Crippen LogP contribution in [0.15, 0.2) is 73.3 Å². The molecule has 0 amide bonds. The summed E-state index contributed by atoms with van der Waals surface area (Å²) in [6, 6.07) is 17.0. The van der Waals surface area contributed by atoms with Gasteiger partial charge in [0.2, 0.25) is 0 Å². The van der Waals surface area contributed by atoms with Crippen LogP contribution in [-0.4, -0.2) is 64.0 Å². The van der Waals surface area contributed by atoms with Crippen molar-refractivity contribution in [3.8, 4) is 22.3 Å². The maximum Gasteiger partial charge on any atom is 0.162 e. The van der Waals surface area contributed by atoms with E-state index in [-0.39, 0.29) is 6.61 Å². The number of benzene rings is 2. The van der Waals surface area contributed by atoms with Gasteiger partial charge in [-0.3, -0.25) is 4.98 Å². The third-order valence-corrected chi connectivity index (χ3v) is 6.75. The van der Waals surface area contributed by atoms with Gasteiger partial charge >= 0.3 is 0 Å². The summed E-state index contributed by atoms with van der Waals surface area (Å²) in [5.74, 6) is 0. The zero-order chi connectivity index (χ0) is 26.3. The molecule has 4 heterocycles. The first kappa shape index (κ1) is 25.8. The normalized spacial score (nSPS) is 13.5. The summed E-state index contributed by atoms with van der Waals surface area (Å²) in [5.41, 5.74) is 8.33.